The molecule has 1 heterocycles. The molecule has 1 N–H and O–H groups in total. The molecular formula is C10H13ClFNO. The van der Waals surface area contributed by atoms with Crippen molar-refractivity contribution in [3.63, 3.8) is 0 Å². The van der Waals surface area contributed by atoms with Gasteiger partial charge in [-0.25, -0.2) is 4.39 Å². The minimum absolute atomic E-state index is 0. The van der Waals surface area contributed by atoms with Gasteiger partial charge < -0.3 is 10.1 Å². The Morgan fingerprint density at radius 3 is 2.93 bits per heavy atom. The molecule has 1 aliphatic rings. The van der Waals surface area contributed by atoms with E-state index in [0.29, 0.717) is 5.75 Å². The summed E-state index contributed by atoms with van der Waals surface area (Å²) in [6.45, 7) is 1.84. The van der Waals surface area contributed by atoms with Crippen LogP contribution in [0.3, 0.4) is 0 Å². The van der Waals surface area contributed by atoms with Crippen LogP contribution in [0.15, 0.2) is 24.3 Å². The lowest BCUT2D eigenvalue weighted by Gasteiger charge is -2.11. The van der Waals surface area contributed by atoms with Crippen molar-refractivity contribution in [1.82, 2.24) is 5.32 Å². The first-order valence-corrected chi connectivity index (χ1v) is 4.47. The fraction of sp³-hybridized carbons (Fsp3) is 0.400. The Kier molecular flexibility index (Phi) is 4.17. The second kappa shape index (κ2) is 5.17. The summed E-state index contributed by atoms with van der Waals surface area (Å²) in [6, 6.07) is 6.27. The molecule has 0 saturated carbocycles. The third kappa shape index (κ3) is 2.86. The molecule has 1 fully saturated rings. The quantitative estimate of drug-likeness (QED) is 0.818. The minimum atomic E-state index is -0.247. The van der Waals surface area contributed by atoms with Gasteiger partial charge in [0.05, 0.1) is 0 Å². The molecule has 0 aliphatic carbocycles. The Hall–Kier alpha value is -0.800. The number of halogens is 2. The van der Waals surface area contributed by atoms with Crippen LogP contribution in [0.4, 0.5) is 4.39 Å². The summed E-state index contributed by atoms with van der Waals surface area (Å²) < 4.78 is 18.3. The zero-order valence-corrected chi connectivity index (χ0v) is 8.52. The maximum atomic E-state index is 12.7. The van der Waals surface area contributed by atoms with Gasteiger partial charge in [-0.05, 0) is 25.1 Å². The summed E-state index contributed by atoms with van der Waals surface area (Å²) in [5, 5.41) is 3.19. The highest BCUT2D eigenvalue weighted by Gasteiger charge is 2.15. The van der Waals surface area contributed by atoms with E-state index in [2.05, 4.69) is 5.32 Å². The normalized spacial score (nSPS) is 20.2. The molecule has 2 nitrogen and oxygen atoms in total. The summed E-state index contributed by atoms with van der Waals surface area (Å²) in [5.74, 6) is 0.372. The van der Waals surface area contributed by atoms with Crippen molar-refractivity contribution in [3.05, 3.63) is 30.1 Å². The highest BCUT2D eigenvalue weighted by atomic mass is 35.5. The van der Waals surface area contributed by atoms with Crippen molar-refractivity contribution < 1.29 is 9.13 Å². The highest BCUT2D eigenvalue weighted by molar-refractivity contribution is 5.85. The molecule has 1 aromatic carbocycles. The molecular weight excluding hydrogens is 205 g/mol. The van der Waals surface area contributed by atoms with Crippen molar-refractivity contribution in [2.24, 2.45) is 0 Å². The largest absolute Gasteiger partial charge is 0.489 e. The minimum Gasteiger partial charge on any atom is -0.489 e. The van der Waals surface area contributed by atoms with Crippen molar-refractivity contribution in [1.29, 1.82) is 0 Å². The SMILES string of the molecule is Cl.Fc1cccc(OC2CCNC2)c1. The smallest absolute Gasteiger partial charge is 0.126 e. The molecule has 0 bridgehead atoms. The summed E-state index contributed by atoms with van der Waals surface area (Å²) in [7, 11) is 0. The van der Waals surface area contributed by atoms with Gasteiger partial charge in [-0.1, -0.05) is 6.07 Å². The van der Waals surface area contributed by atoms with E-state index in [4.69, 9.17) is 4.74 Å². The van der Waals surface area contributed by atoms with Gasteiger partial charge in [0.15, 0.2) is 0 Å². The molecule has 0 aromatic heterocycles. The summed E-state index contributed by atoms with van der Waals surface area (Å²) >= 11 is 0. The van der Waals surface area contributed by atoms with E-state index in [0.717, 1.165) is 19.5 Å². The first-order valence-electron chi connectivity index (χ1n) is 4.47. The van der Waals surface area contributed by atoms with Crippen LogP contribution in [0.2, 0.25) is 0 Å². The average Bonchev–Trinajstić information content (AvgIpc) is 2.57. The van der Waals surface area contributed by atoms with E-state index < -0.39 is 0 Å². The van der Waals surface area contributed by atoms with Gasteiger partial charge in [0.25, 0.3) is 0 Å². The maximum absolute atomic E-state index is 12.7. The van der Waals surface area contributed by atoms with E-state index >= 15 is 0 Å². The van der Waals surface area contributed by atoms with Gasteiger partial charge in [0.2, 0.25) is 0 Å². The zero-order valence-electron chi connectivity index (χ0n) is 7.70. The molecule has 4 heteroatoms. The summed E-state index contributed by atoms with van der Waals surface area (Å²) in [5.41, 5.74) is 0. The predicted octanol–water partition coefficient (Wildman–Crippen LogP) is 1.99. The van der Waals surface area contributed by atoms with Crippen molar-refractivity contribution >= 4 is 12.4 Å². The highest BCUT2D eigenvalue weighted by Crippen LogP contribution is 2.15. The lowest BCUT2D eigenvalue weighted by molar-refractivity contribution is 0.222. The number of hydrogen-bond acceptors (Lipinski definition) is 2. The topological polar surface area (TPSA) is 21.3 Å². The Morgan fingerprint density at radius 1 is 1.43 bits per heavy atom. The van der Waals surface area contributed by atoms with Gasteiger partial charge in [0.1, 0.15) is 17.7 Å². The van der Waals surface area contributed by atoms with Crippen LogP contribution in [0.5, 0.6) is 5.75 Å². The second-order valence-electron chi connectivity index (χ2n) is 3.19. The van der Waals surface area contributed by atoms with Crippen LogP contribution in [-0.2, 0) is 0 Å². The van der Waals surface area contributed by atoms with Gasteiger partial charge in [0, 0.05) is 12.6 Å². The Labute approximate surface area is 88.9 Å². The standard InChI is InChI=1S/C10H12FNO.ClH/c11-8-2-1-3-9(6-8)13-10-4-5-12-7-10;/h1-3,6,10,12H,4-5,7H2;1H. The van der Waals surface area contributed by atoms with Gasteiger partial charge in [-0.15, -0.1) is 12.4 Å². The fourth-order valence-electron chi connectivity index (χ4n) is 1.46. The predicted molar refractivity (Wildman–Crippen MR) is 55.6 cm³/mol. The number of ether oxygens (including phenoxy) is 1. The van der Waals surface area contributed by atoms with Gasteiger partial charge in [-0.2, -0.15) is 0 Å². The van der Waals surface area contributed by atoms with E-state index in [1.807, 2.05) is 0 Å². The van der Waals surface area contributed by atoms with Crippen LogP contribution >= 0.6 is 12.4 Å². The number of nitrogens with one attached hydrogen (secondary N) is 1. The van der Waals surface area contributed by atoms with Crippen LogP contribution in [0.1, 0.15) is 6.42 Å². The van der Waals surface area contributed by atoms with Crippen molar-refractivity contribution in [2.45, 2.75) is 12.5 Å². The van der Waals surface area contributed by atoms with Crippen LogP contribution < -0.4 is 10.1 Å². The fourth-order valence-corrected chi connectivity index (χ4v) is 1.46. The Bertz CT molecular complexity index is 289. The first kappa shape index (κ1) is 11.3. The molecule has 1 atom stereocenters. The molecule has 1 aromatic rings. The molecule has 1 saturated heterocycles. The number of benzene rings is 1. The van der Waals surface area contributed by atoms with Crippen LogP contribution in [0.25, 0.3) is 0 Å². The van der Waals surface area contributed by atoms with Crippen LogP contribution in [0, 0.1) is 5.82 Å². The average molecular weight is 218 g/mol. The molecule has 0 amide bonds. The van der Waals surface area contributed by atoms with Crippen LogP contribution in [-0.4, -0.2) is 19.2 Å². The third-order valence-electron chi connectivity index (χ3n) is 2.11. The first-order chi connectivity index (χ1) is 6.34. The monoisotopic (exact) mass is 217 g/mol. The molecule has 0 radical (unpaired) electrons. The van der Waals surface area contributed by atoms with E-state index in [9.17, 15) is 4.39 Å². The molecule has 78 valence electrons. The Morgan fingerprint density at radius 2 is 2.29 bits per heavy atom. The van der Waals surface area contributed by atoms with Gasteiger partial charge >= 0.3 is 0 Å². The number of hydrogen-bond donors (Lipinski definition) is 1. The van der Waals surface area contributed by atoms with E-state index in [1.165, 1.54) is 12.1 Å². The van der Waals surface area contributed by atoms with E-state index in [1.54, 1.807) is 12.1 Å². The lowest BCUT2D eigenvalue weighted by Crippen LogP contribution is -2.19. The molecule has 1 unspecified atom stereocenters. The molecule has 0 spiro atoms. The number of rotatable bonds is 2. The van der Waals surface area contributed by atoms with E-state index in [-0.39, 0.29) is 24.3 Å². The Balaban J connectivity index is 0.000000980. The molecule has 14 heavy (non-hydrogen) atoms. The third-order valence-corrected chi connectivity index (χ3v) is 2.11. The maximum Gasteiger partial charge on any atom is 0.126 e. The lowest BCUT2D eigenvalue weighted by atomic mass is 10.3. The van der Waals surface area contributed by atoms with Crippen molar-refractivity contribution in [2.75, 3.05) is 13.1 Å². The molecule has 1 aliphatic heterocycles. The second-order valence-corrected chi connectivity index (χ2v) is 3.19. The van der Waals surface area contributed by atoms with Crippen molar-refractivity contribution in [3.8, 4) is 5.75 Å². The zero-order chi connectivity index (χ0) is 9.10. The molecule has 2 rings (SSSR count). The summed E-state index contributed by atoms with van der Waals surface area (Å²) in [4.78, 5) is 0. The van der Waals surface area contributed by atoms with Gasteiger partial charge in [-0.3, -0.25) is 0 Å². The summed E-state index contributed by atoms with van der Waals surface area (Å²) in [6.07, 6.45) is 1.19.